The van der Waals surface area contributed by atoms with E-state index in [2.05, 4.69) is 25.9 Å². The number of fused-ring (bicyclic) bond motifs is 1. The molecule has 0 aliphatic heterocycles. The normalized spacial score (nSPS) is 10.9. The van der Waals surface area contributed by atoms with Gasteiger partial charge in [-0.1, -0.05) is 29.0 Å². The number of nitrogens with one attached hydrogen (secondary N) is 2. The van der Waals surface area contributed by atoms with E-state index in [9.17, 15) is 9.59 Å². The largest absolute Gasteiger partial charge is 0.494 e. The van der Waals surface area contributed by atoms with E-state index in [-0.39, 0.29) is 18.3 Å². The summed E-state index contributed by atoms with van der Waals surface area (Å²) in [5.74, 6) is -0.333. The first-order valence-corrected chi connectivity index (χ1v) is 10.9. The summed E-state index contributed by atoms with van der Waals surface area (Å²) in [6, 6.07) is 13.0. The van der Waals surface area contributed by atoms with Gasteiger partial charge in [0.1, 0.15) is 10.6 Å². The molecule has 0 bridgehead atoms. The van der Waals surface area contributed by atoms with Crippen LogP contribution in [0.1, 0.15) is 22.2 Å². The number of benzene rings is 2. The number of aromatic amines is 1. The molecule has 11 heteroatoms. The number of H-pyrrole nitrogens is 1. The lowest BCUT2D eigenvalue weighted by molar-refractivity contribution is -0.136. The van der Waals surface area contributed by atoms with Crippen molar-refractivity contribution in [3.05, 3.63) is 52.9 Å². The number of ether oxygens (including phenoxy) is 1. The molecule has 3 N–H and O–H groups in total. The number of tetrazole rings is 1. The molecule has 0 unspecified atom stereocenters. The van der Waals surface area contributed by atoms with E-state index in [0.717, 1.165) is 25.6 Å². The maximum Gasteiger partial charge on any atom is 0.307 e. The smallest absolute Gasteiger partial charge is 0.307 e. The SMILES string of the molecule is CCOc1ccc2sc(C(=O)Nc3nnn[nH]3)c(Sc3ccc(CC(=O)O)cc3)c2c1. The molecule has 2 heterocycles. The van der Waals surface area contributed by atoms with E-state index >= 15 is 0 Å². The van der Waals surface area contributed by atoms with Crippen LogP contribution in [-0.2, 0) is 11.2 Å². The number of hydrogen-bond acceptors (Lipinski definition) is 8. The number of carbonyl (C=O) groups is 2. The highest BCUT2D eigenvalue weighted by Gasteiger charge is 2.21. The van der Waals surface area contributed by atoms with Crippen LogP contribution >= 0.6 is 23.1 Å². The third-order valence-corrected chi connectivity index (χ3v) is 6.64. The molecule has 2 aromatic heterocycles. The van der Waals surface area contributed by atoms with Gasteiger partial charge in [-0.15, -0.1) is 11.3 Å². The molecular weight excluding hydrogens is 438 g/mol. The number of carbonyl (C=O) groups excluding carboxylic acids is 1. The van der Waals surface area contributed by atoms with Crippen molar-refractivity contribution < 1.29 is 19.4 Å². The number of nitrogens with zero attached hydrogens (tertiary/aromatic N) is 3. The number of amides is 1. The molecule has 1 amide bonds. The monoisotopic (exact) mass is 455 g/mol. The Morgan fingerprint density at radius 2 is 2.03 bits per heavy atom. The molecule has 2 aromatic carbocycles. The highest BCUT2D eigenvalue weighted by Crippen LogP contribution is 2.43. The lowest BCUT2D eigenvalue weighted by Gasteiger charge is -2.07. The van der Waals surface area contributed by atoms with Gasteiger partial charge in [-0.25, -0.2) is 5.10 Å². The fourth-order valence-electron chi connectivity index (χ4n) is 2.91. The second-order valence-electron chi connectivity index (χ2n) is 6.37. The predicted octanol–water partition coefficient (Wildman–Crippen LogP) is 3.84. The molecule has 0 saturated carbocycles. The van der Waals surface area contributed by atoms with E-state index in [1.54, 1.807) is 12.1 Å². The molecular formula is C20H17N5O4S2. The standard InChI is InChI=1S/C20H17N5O4S2/c1-2-29-12-5-8-15-14(10-12)17(18(31-15)19(28)21-20-22-24-25-23-20)30-13-6-3-11(4-7-13)9-16(26)27/h3-8,10H,2,9H2,1H3,(H,26,27)(H2,21,22,23,24,25,28). The van der Waals surface area contributed by atoms with Crippen LogP contribution < -0.4 is 10.1 Å². The molecule has 4 aromatic rings. The Kier molecular flexibility index (Phi) is 6.14. The molecule has 0 fully saturated rings. The van der Waals surface area contributed by atoms with Crippen LogP contribution in [0.3, 0.4) is 0 Å². The average Bonchev–Trinajstić information content (AvgIpc) is 3.37. The van der Waals surface area contributed by atoms with Crippen LogP contribution in [0.2, 0.25) is 0 Å². The number of carboxylic acid groups (broad SMARTS) is 1. The zero-order chi connectivity index (χ0) is 21.8. The van der Waals surface area contributed by atoms with Gasteiger partial charge in [-0.05, 0) is 53.2 Å². The Hall–Kier alpha value is -3.44. The van der Waals surface area contributed by atoms with Gasteiger partial charge in [0.05, 0.1) is 13.0 Å². The summed E-state index contributed by atoms with van der Waals surface area (Å²) in [6.45, 7) is 2.45. The van der Waals surface area contributed by atoms with Crippen molar-refractivity contribution in [1.82, 2.24) is 20.6 Å². The maximum atomic E-state index is 13.0. The number of rotatable bonds is 8. The van der Waals surface area contributed by atoms with Gasteiger partial charge in [0.25, 0.3) is 5.91 Å². The lowest BCUT2D eigenvalue weighted by Crippen LogP contribution is -2.12. The second-order valence-corrected chi connectivity index (χ2v) is 8.51. The Bertz CT molecular complexity index is 1220. The first kappa shape index (κ1) is 20.8. The fourth-order valence-corrected chi connectivity index (χ4v) is 5.17. The first-order chi connectivity index (χ1) is 15.0. The minimum atomic E-state index is -0.881. The fraction of sp³-hybridized carbons (Fsp3) is 0.150. The van der Waals surface area contributed by atoms with Gasteiger partial charge < -0.3 is 9.84 Å². The summed E-state index contributed by atoms with van der Waals surface area (Å²) in [5, 5.41) is 25.7. The number of aromatic nitrogens is 4. The van der Waals surface area contributed by atoms with Crippen molar-refractivity contribution in [2.24, 2.45) is 0 Å². The molecule has 0 aliphatic carbocycles. The Morgan fingerprint density at radius 1 is 1.23 bits per heavy atom. The molecule has 9 nitrogen and oxygen atoms in total. The van der Waals surface area contributed by atoms with E-state index < -0.39 is 5.97 Å². The topological polar surface area (TPSA) is 130 Å². The van der Waals surface area contributed by atoms with Crippen LogP contribution in [0.25, 0.3) is 10.1 Å². The van der Waals surface area contributed by atoms with Crippen LogP contribution in [0, 0.1) is 0 Å². The molecule has 31 heavy (non-hydrogen) atoms. The van der Waals surface area contributed by atoms with E-state index in [4.69, 9.17) is 9.84 Å². The lowest BCUT2D eigenvalue weighted by atomic mass is 10.2. The molecule has 0 spiro atoms. The summed E-state index contributed by atoms with van der Waals surface area (Å²) in [7, 11) is 0. The van der Waals surface area contributed by atoms with E-state index in [1.807, 2.05) is 37.3 Å². The minimum Gasteiger partial charge on any atom is -0.494 e. The third-order valence-electron chi connectivity index (χ3n) is 4.21. The van der Waals surface area contributed by atoms with Gasteiger partial charge in [-0.3, -0.25) is 14.9 Å². The zero-order valence-electron chi connectivity index (χ0n) is 16.3. The molecule has 0 radical (unpaired) electrons. The van der Waals surface area contributed by atoms with Crippen LogP contribution in [0.15, 0.2) is 52.3 Å². The van der Waals surface area contributed by atoms with E-state index in [0.29, 0.717) is 17.0 Å². The van der Waals surface area contributed by atoms with Crippen molar-refractivity contribution in [2.45, 2.75) is 23.1 Å². The van der Waals surface area contributed by atoms with Crippen molar-refractivity contribution >= 4 is 51.0 Å². The van der Waals surface area contributed by atoms with Crippen molar-refractivity contribution in [3.63, 3.8) is 0 Å². The van der Waals surface area contributed by atoms with Gasteiger partial charge in [-0.2, -0.15) is 0 Å². The Morgan fingerprint density at radius 3 is 2.71 bits per heavy atom. The van der Waals surface area contributed by atoms with Crippen molar-refractivity contribution in [3.8, 4) is 5.75 Å². The Balaban J connectivity index is 1.71. The zero-order valence-corrected chi connectivity index (χ0v) is 17.9. The summed E-state index contributed by atoms with van der Waals surface area (Å²) in [6.07, 6.45) is -0.0388. The third kappa shape index (κ3) is 4.84. The number of anilines is 1. The van der Waals surface area contributed by atoms with Gasteiger partial charge in [0.2, 0.25) is 5.95 Å². The predicted molar refractivity (Wildman–Crippen MR) is 117 cm³/mol. The average molecular weight is 456 g/mol. The van der Waals surface area contributed by atoms with Gasteiger partial charge >= 0.3 is 5.97 Å². The molecule has 0 aliphatic rings. The number of aliphatic carboxylic acids is 1. The molecule has 158 valence electrons. The summed E-state index contributed by atoms with van der Waals surface area (Å²) in [4.78, 5) is 26.0. The highest BCUT2D eigenvalue weighted by atomic mass is 32.2. The Labute approximate surface area is 184 Å². The van der Waals surface area contributed by atoms with E-state index in [1.165, 1.54) is 23.1 Å². The number of carboxylic acids is 1. The van der Waals surface area contributed by atoms with Crippen LogP contribution in [0.4, 0.5) is 5.95 Å². The van der Waals surface area contributed by atoms with Gasteiger partial charge in [0.15, 0.2) is 0 Å². The maximum absolute atomic E-state index is 13.0. The first-order valence-electron chi connectivity index (χ1n) is 9.26. The van der Waals surface area contributed by atoms with Crippen molar-refractivity contribution in [2.75, 3.05) is 11.9 Å². The van der Waals surface area contributed by atoms with Gasteiger partial charge in [0, 0.05) is 19.9 Å². The molecule has 0 atom stereocenters. The summed E-state index contributed by atoms with van der Waals surface area (Å²) in [5.41, 5.74) is 0.710. The number of hydrogen-bond donors (Lipinski definition) is 3. The molecule has 0 saturated heterocycles. The van der Waals surface area contributed by atoms with Crippen molar-refractivity contribution in [1.29, 1.82) is 0 Å². The minimum absolute atomic E-state index is 0.0388. The number of thiophene rings is 1. The summed E-state index contributed by atoms with van der Waals surface area (Å²) < 4.78 is 6.57. The van der Waals surface area contributed by atoms with Crippen LogP contribution in [-0.4, -0.2) is 44.2 Å². The molecule has 4 rings (SSSR count). The quantitative estimate of drug-likeness (QED) is 0.365. The summed E-state index contributed by atoms with van der Waals surface area (Å²) >= 11 is 2.79. The second kappa shape index (κ2) is 9.14. The highest BCUT2D eigenvalue weighted by molar-refractivity contribution is 7.99. The van der Waals surface area contributed by atoms with Crippen LogP contribution in [0.5, 0.6) is 5.75 Å².